The Labute approximate surface area is 167 Å². The van der Waals surface area contributed by atoms with Crippen LogP contribution in [0.4, 0.5) is 0 Å². The monoisotopic (exact) mass is 394 g/mol. The van der Waals surface area contributed by atoms with E-state index in [1.165, 1.54) is 12.5 Å². The number of hydrogen-bond donors (Lipinski definition) is 1. The van der Waals surface area contributed by atoms with Crippen molar-refractivity contribution in [1.82, 2.24) is 19.8 Å². The maximum absolute atomic E-state index is 12.5. The van der Waals surface area contributed by atoms with E-state index in [1.807, 2.05) is 12.1 Å². The van der Waals surface area contributed by atoms with Gasteiger partial charge in [0.1, 0.15) is 12.1 Å². The molecule has 1 N–H and O–H groups in total. The van der Waals surface area contributed by atoms with Crippen LogP contribution < -0.4 is 5.56 Å². The van der Waals surface area contributed by atoms with Crippen LogP contribution in [0.2, 0.25) is 0 Å². The Balaban J connectivity index is 1.26. The molecular formula is C21H22N4O4. The van der Waals surface area contributed by atoms with Crippen molar-refractivity contribution in [2.75, 3.05) is 26.2 Å². The van der Waals surface area contributed by atoms with Gasteiger partial charge in [-0.25, -0.2) is 4.98 Å². The lowest BCUT2D eigenvalue weighted by molar-refractivity contribution is -0.132. The summed E-state index contributed by atoms with van der Waals surface area (Å²) >= 11 is 0. The minimum atomic E-state index is -0.157. The molecule has 3 heterocycles. The van der Waals surface area contributed by atoms with Crippen molar-refractivity contribution in [2.45, 2.75) is 19.3 Å². The van der Waals surface area contributed by atoms with E-state index in [2.05, 4.69) is 9.97 Å². The Hall–Kier alpha value is -3.42. The van der Waals surface area contributed by atoms with Crippen LogP contribution in [0.3, 0.4) is 0 Å². The Morgan fingerprint density at radius 2 is 1.83 bits per heavy atom. The Morgan fingerprint density at radius 3 is 2.59 bits per heavy atom. The second-order valence-corrected chi connectivity index (χ2v) is 7.07. The highest BCUT2D eigenvalue weighted by atomic mass is 16.3. The Bertz CT molecular complexity index is 1070. The maximum Gasteiger partial charge on any atom is 0.258 e. The van der Waals surface area contributed by atoms with Gasteiger partial charge in [-0.1, -0.05) is 12.1 Å². The average molecular weight is 394 g/mol. The summed E-state index contributed by atoms with van der Waals surface area (Å²) in [6, 6.07) is 8.85. The van der Waals surface area contributed by atoms with E-state index in [1.54, 1.807) is 28.0 Å². The molecule has 1 aromatic carbocycles. The van der Waals surface area contributed by atoms with Gasteiger partial charge in [0.15, 0.2) is 0 Å². The molecule has 29 heavy (non-hydrogen) atoms. The summed E-state index contributed by atoms with van der Waals surface area (Å²) < 4.78 is 4.96. The average Bonchev–Trinajstić information content (AvgIpc) is 3.28. The van der Waals surface area contributed by atoms with Crippen molar-refractivity contribution in [3.05, 3.63) is 64.6 Å². The third kappa shape index (κ3) is 4.21. The first kappa shape index (κ1) is 18.9. The van der Waals surface area contributed by atoms with Crippen molar-refractivity contribution in [2.24, 2.45) is 0 Å². The minimum absolute atomic E-state index is 0.0588. The third-order valence-electron chi connectivity index (χ3n) is 5.15. The van der Waals surface area contributed by atoms with Crippen LogP contribution in [-0.2, 0) is 11.2 Å². The molecule has 0 unspecified atom stereocenters. The predicted molar refractivity (Wildman–Crippen MR) is 106 cm³/mol. The molecule has 0 aliphatic carbocycles. The standard InChI is InChI=1S/C21H22N4O4/c26-19(24-9-11-25(12-10-24)21(28)15-8-13-29-14-15)7-3-6-18-22-17-5-2-1-4-16(17)20(27)23-18/h1-2,4-5,8,13-14H,3,6-7,9-12H2,(H,22,23,27). The summed E-state index contributed by atoms with van der Waals surface area (Å²) in [5.74, 6) is 0.581. The molecule has 8 heteroatoms. The first-order chi connectivity index (χ1) is 14.1. The summed E-state index contributed by atoms with van der Waals surface area (Å²) in [5.41, 5.74) is 1.04. The fourth-order valence-corrected chi connectivity index (χ4v) is 3.55. The first-order valence-electron chi connectivity index (χ1n) is 9.69. The van der Waals surface area contributed by atoms with Crippen LogP contribution in [0, 0.1) is 0 Å². The lowest BCUT2D eigenvalue weighted by Gasteiger charge is -2.34. The molecule has 0 saturated carbocycles. The Morgan fingerprint density at radius 1 is 1.07 bits per heavy atom. The predicted octanol–water partition coefficient (Wildman–Crippen LogP) is 1.82. The molecule has 2 aromatic heterocycles. The number of furan rings is 1. The summed E-state index contributed by atoms with van der Waals surface area (Å²) in [6.07, 6.45) is 4.43. The van der Waals surface area contributed by atoms with E-state index in [4.69, 9.17) is 4.42 Å². The van der Waals surface area contributed by atoms with Crippen LogP contribution in [0.25, 0.3) is 10.9 Å². The number of piperazine rings is 1. The van der Waals surface area contributed by atoms with Crippen LogP contribution in [0.15, 0.2) is 52.1 Å². The number of aromatic nitrogens is 2. The van der Waals surface area contributed by atoms with Crippen molar-refractivity contribution in [3.8, 4) is 0 Å². The highest BCUT2D eigenvalue weighted by Crippen LogP contribution is 2.12. The van der Waals surface area contributed by atoms with E-state index in [-0.39, 0.29) is 17.4 Å². The second-order valence-electron chi connectivity index (χ2n) is 7.07. The molecule has 150 valence electrons. The molecule has 0 bridgehead atoms. The maximum atomic E-state index is 12.5. The highest BCUT2D eigenvalue weighted by Gasteiger charge is 2.25. The van der Waals surface area contributed by atoms with E-state index in [0.717, 1.165) is 0 Å². The van der Waals surface area contributed by atoms with Crippen LogP contribution in [0.5, 0.6) is 0 Å². The quantitative estimate of drug-likeness (QED) is 0.712. The zero-order chi connectivity index (χ0) is 20.2. The van der Waals surface area contributed by atoms with Crippen LogP contribution in [-0.4, -0.2) is 57.8 Å². The molecule has 1 aliphatic heterocycles. The highest BCUT2D eigenvalue weighted by molar-refractivity contribution is 5.94. The van der Waals surface area contributed by atoms with Gasteiger partial charge in [-0.3, -0.25) is 14.4 Å². The molecule has 0 atom stereocenters. The van der Waals surface area contributed by atoms with Gasteiger partial charge in [0.05, 0.1) is 22.7 Å². The van der Waals surface area contributed by atoms with Gasteiger partial charge in [0.25, 0.3) is 11.5 Å². The molecule has 1 aliphatic rings. The number of aryl methyl sites for hydroxylation is 1. The van der Waals surface area contributed by atoms with Crippen LogP contribution in [0.1, 0.15) is 29.0 Å². The largest absolute Gasteiger partial charge is 0.472 e. The minimum Gasteiger partial charge on any atom is -0.472 e. The number of H-pyrrole nitrogens is 1. The number of aromatic amines is 1. The number of para-hydroxylation sites is 1. The lowest BCUT2D eigenvalue weighted by Crippen LogP contribution is -2.50. The molecule has 1 fully saturated rings. The van der Waals surface area contributed by atoms with Gasteiger partial charge in [-0.05, 0) is 24.6 Å². The number of carbonyl (C=O) groups excluding carboxylic acids is 2. The summed E-state index contributed by atoms with van der Waals surface area (Å²) in [5, 5.41) is 0.565. The Kier molecular flexibility index (Phi) is 5.41. The van der Waals surface area contributed by atoms with Gasteiger partial charge in [-0.15, -0.1) is 0 Å². The number of amides is 2. The van der Waals surface area contributed by atoms with Crippen molar-refractivity contribution in [3.63, 3.8) is 0 Å². The van der Waals surface area contributed by atoms with Crippen molar-refractivity contribution < 1.29 is 14.0 Å². The number of nitrogens with zero attached hydrogens (tertiary/aromatic N) is 3. The number of fused-ring (bicyclic) bond motifs is 1. The molecule has 3 aromatic rings. The zero-order valence-corrected chi connectivity index (χ0v) is 16.0. The SMILES string of the molecule is O=C(CCCc1nc2ccccc2c(=O)[nH]1)N1CCN(C(=O)c2ccoc2)CC1. The number of benzene rings is 1. The molecule has 8 nitrogen and oxygen atoms in total. The number of nitrogens with one attached hydrogen (secondary N) is 1. The molecule has 4 rings (SSSR count). The van der Waals surface area contributed by atoms with E-state index in [9.17, 15) is 14.4 Å². The first-order valence-corrected chi connectivity index (χ1v) is 9.69. The smallest absolute Gasteiger partial charge is 0.258 e. The van der Waals surface area contributed by atoms with Gasteiger partial charge >= 0.3 is 0 Å². The van der Waals surface area contributed by atoms with Crippen molar-refractivity contribution >= 4 is 22.7 Å². The molecular weight excluding hydrogens is 372 g/mol. The fourth-order valence-electron chi connectivity index (χ4n) is 3.55. The number of rotatable bonds is 5. The normalized spacial score (nSPS) is 14.3. The van der Waals surface area contributed by atoms with E-state index in [0.29, 0.717) is 67.7 Å². The summed E-state index contributed by atoms with van der Waals surface area (Å²) in [4.78, 5) is 47.7. The molecule has 1 saturated heterocycles. The third-order valence-corrected chi connectivity index (χ3v) is 5.15. The van der Waals surface area contributed by atoms with Crippen LogP contribution >= 0.6 is 0 Å². The zero-order valence-electron chi connectivity index (χ0n) is 16.0. The van der Waals surface area contributed by atoms with Crippen molar-refractivity contribution in [1.29, 1.82) is 0 Å². The molecule has 0 radical (unpaired) electrons. The topological polar surface area (TPSA) is 99.5 Å². The molecule has 0 spiro atoms. The van der Waals surface area contributed by atoms with E-state index >= 15 is 0 Å². The van der Waals surface area contributed by atoms with Gasteiger partial charge in [0, 0.05) is 39.0 Å². The number of hydrogen-bond acceptors (Lipinski definition) is 5. The van der Waals surface area contributed by atoms with Gasteiger partial charge < -0.3 is 19.2 Å². The van der Waals surface area contributed by atoms with Gasteiger partial charge in [-0.2, -0.15) is 0 Å². The van der Waals surface area contributed by atoms with Gasteiger partial charge in [0.2, 0.25) is 5.91 Å². The number of carbonyl (C=O) groups is 2. The second kappa shape index (κ2) is 8.30. The fraction of sp³-hybridized carbons (Fsp3) is 0.333. The molecule has 2 amide bonds. The lowest BCUT2D eigenvalue weighted by atomic mass is 10.1. The van der Waals surface area contributed by atoms with E-state index < -0.39 is 0 Å². The summed E-state index contributed by atoms with van der Waals surface area (Å²) in [6.45, 7) is 2.06. The summed E-state index contributed by atoms with van der Waals surface area (Å²) in [7, 11) is 0.